The maximum atomic E-state index is 13.2. The molecule has 5 nitrogen and oxygen atoms in total. The van der Waals surface area contributed by atoms with Gasteiger partial charge in [-0.2, -0.15) is 0 Å². The van der Waals surface area contributed by atoms with Crippen LogP contribution in [-0.4, -0.2) is 47.2 Å². The maximum Gasteiger partial charge on any atom is 0.329 e. The number of likely N-dealkylation sites (tertiary alicyclic amines) is 1. The SMILES string of the molecule is CC1(OCC(=O)O)CN(C(=O)c2cc(F)ccc2Br)C1. The van der Waals surface area contributed by atoms with Crippen LogP contribution in [0.2, 0.25) is 0 Å². The Morgan fingerprint density at radius 3 is 2.75 bits per heavy atom. The normalized spacial score (nSPS) is 16.6. The number of hydrogen-bond acceptors (Lipinski definition) is 3. The Bertz CT molecular complexity index is 557. The highest BCUT2D eigenvalue weighted by atomic mass is 79.9. The number of carbonyl (C=O) groups excluding carboxylic acids is 1. The summed E-state index contributed by atoms with van der Waals surface area (Å²) in [5.74, 6) is -1.85. The predicted molar refractivity (Wildman–Crippen MR) is 72.0 cm³/mol. The lowest BCUT2D eigenvalue weighted by Gasteiger charge is -2.47. The van der Waals surface area contributed by atoms with Crippen LogP contribution in [0, 0.1) is 5.82 Å². The molecule has 108 valence electrons. The van der Waals surface area contributed by atoms with Crippen molar-refractivity contribution in [1.29, 1.82) is 0 Å². The van der Waals surface area contributed by atoms with Crippen molar-refractivity contribution in [3.8, 4) is 0 Å². The number of aliphatic carboxylic acids is 1. The fourth-order valence-corrected chi connectivity index (χ4v) is 2.48. The lowest BCUT2D eigenvalue weighted by Crippen LogP contribution is -2.63. The number of nitrogens with zero attached hydrogens (tertiary/aromatic N) is 1. The summed E-state index contributed by atoms with van der Waals surface area (Å²) in [6.45, 7) is 1.90. The van der Waals surface area contributed by atoms with Crippen molar-refractivity contribution in [3.05, 3.63) is 34.1 Å². The molecule has 0 bridgehead atoms. The molecule has 1 aliphatic rings. The molecule has 0 aliphatic carbocycles. The summed E-state index contributed by atoms with van der Waals surface area (Å²) in [5, 5.41) is 8.56. The number of rotatable bonds is 4. The first-order valence-corrected chi connectivity index (χ1v) is 6.70. The molecule has 0 atom stereocenters. The first kappa shape index (κ1) is 14.9. The van der Waals surface area contributed by atoms with Gasteiger partial charge in [-0.1, -0.05) is 0 Å². The molecule has 2 rings (SSSR count). The van der Waals surface area contributed by atoms with E-state index in [-0.39, 0.29) is 24.6 Å². The molecule has 1 aromatic rings. The van der Waals surface area contributed by atoms with Gasteiger partial charge in [0.15, 0.2) is 0 Å². The molecule has 0 saturated carbocycles. The second kappa shape index (κ2) is 5.49. The highest BCUT2D eigenvalue weighted by molar-refractivity contribution is 9.10. The Morgan fingerprint density at radius 1 is 1.50 bits per heavy atom. The van der Waals surface area contributed by atoms with Gasteiger partial charge in [0.05, 0.1) is 18.7 Å². The molecule has 1 fully saturated rings. The Hall–Kier alpha value is -1.47. The zero-order chi connectivity index (χ0) is 14.9. The molecule has 20 heavy (non-hydrogen) atoms. The number of carbonyl (C=O) groups is 2. The molecule has 0 radical (unpaired) electrons. The van der Waals surface area contributed by atoms with Gasteiger partial charge in [-0.05, 0) is 41.1 Å². The molecule has 7 heteroatoms. The molecule has 1 amide bonds. The number of carboxylic acids is 1. The van der Waals surface area contributed by atoms with Gasteiger partial charge in [0.25, 0.3) is 5.91 Å². The molecule has 1 heterocycles. The third-order valence-corrected chi connectivity index (χ3v) is 3.73. The van der Waals surface area contributed by atoms with Crippen molar-refractivity contribution in [2.24, 2.45) is 0 Å². The summed E-state index contributed by atoms with van der Waals surface area (Å²) in [6.07, 6.45) is 0. The van der Waals surface area contributed by atoms with Crippen LogP contribution in [0.5, 0.6) is 0 Å². The van der Waals surface area contributed by atoms with Crippen molar-refractivity contribution in [1.82, 2.24) is 4.90 Å². The topological polar surface area (TPSA) is 66.8 Å². The van der Waals surface area contributed by atoms with E-state index in [1.807, 2.05) is 0 Å². The average Bonchev–Trinajstić information content (AvgIpc) is 2.35. The van der Waals surface area contributed by atoms with E-state index in [2.05, 4.69) is 15.9 Å². The lowest BCUT2D eigenvalue weighted by molar-refractivity contribution is -0.159. The summed E-state index contributed by atoms with van der Waals surface area (Å²) in [5.41, 5.74) is -0.418. The zero-order valence-electron chi connectivity index (χ0n) is 10.7. The van der Waals surface area contributed by atoms with Gasteiger partial charge in [-0.15, -0.1) is 0 Å². The van der Waals surface area contributed by atoms with Crippen LogP contribution in [0.3, 0.4) is 0 Å². The smallest absolute Gasteiger partial charge is 0.329 e. The molecule has 0 unspecified atom stereocenters. The minimum absolute atomic E-state index is 0.241. The van der Waals surface area contributed by atoms with Crippen molar-refractivity contribution in [2.45, 2.75) is 12.5 Å². The predicted octanol–water partition coefficient (Wildman–Crippen LogP) is 1.90. The van der Waals surface area contributed by atoms with Crippen LogP contribution >= 0.6 is 15.9 Å². The van der Waals surface area contributed by atoms with Crippen LogP contribution < -0.4 is 0 Å². The van der Waals surface area contributed by atoms with Crippen LogP contribution in [0.1, 0.15) is 17.3 Å². The maximum absolute atomic E-state index is 13.2. The van der Waals surface area contributed by atoms with Gasteiger partial charge in [-0.3, -0.25) is 4.79 Å². The zero-order valence-corrected chi connectivity index (χ0v) is 12.3. The summed E-state index contributed by atoms with van der Waals surface area (Å²) < 4.78 is 18.9. The standard InChI is InChI=1S/C13H13BrFNO4/c1-13(20-5-11(17)18)6-16(7-13)12(19)9-4-8(15)2-3-10(9)14/h2-4H,5-7H2,1H3,(H,17,18). The Balaban J connectivity index is 2.00. The lowest BCUT2D eigenvalue weighted by atomic mass is 9.95. The van der Waals surface area contributed by atoms with Crippen LogP contribution in [-0.2, 0) is 9.53 Å². The molecule has 1 aliphatic heterocycles. The molecular weight excluding hydrogens is 333 g/mol. The van der Waals surface area contributed by atoms with Crippen LogP contribution in [0.15, 0.2) is 22.7 Å². The number of hydrogen-bond donors (Lipinski definition) is 1. The fourth-order valence-electron chi connectivity index (χ4n) is 2.06. The molecule has 1 aromatic carbocycles. The van der Waals surface area contributed by atoms with E-state index in [4.69, 9.17) is 9.84 Å². The highest BCUT2D eigenvalue weighted by Crippen LogP contribution is 2.28. The molecule has 1 saturated heterocycles. The number of benzene rings is 1. The van der Waals surface area contributed by atoms with Crippen molar-refractivity contribution >= 4 is 27.8 Å². The first-order chi connectivity index (χ1) is 9.31. The molecular formula is C13H13BrFNO4. The minimum atomic E-state index is -1.05. The molecule has 0 spiro atoms. The van der Waals surface area contributed by atoms with Gasteiger partial charge in [0.2, 0.25) is 0 Å². The van der Waals surface area contributed by atoms with E-state index < -0.39 is 24.0 Å². The Labute approximate surface area is 123 Å². The molecule has 0 aromatic heterocycles. The fraction of sp³-hybridized carbons (Fsp3) is 0.385. The van der Waals surface area contributed by atoms with Crippen LogP contribution in [0.4, 0.5) is 4.39 Å². The average molecular weight is 346 g/mol. The summed E-state index contributed by atoms with van der Waals surface area (Å²) in [6, 6.07) is 3.90. The highest BCUT2D eigenvalue weighted by Gasteiger charge is 2.43. The third kappa shape index (κ3) is 3.16. The van der Waals surface area contributed by atoms with Gasteiger partial charge in [0.1, 0.15) is 18.0 Å². The minimum Gasteiger partial charge on any atom is -0.480 e. The van der Waals surface area contributed by atoms with E-state index in [1.165, 1.54) is 23.1 Å². The second-order valence-corrected chi connectivity index (χ2v) is 5.77. The van der Waals surface area contributed by atoms with Crippen molar-refractivity contribution in [3.63, 3.8) is 0 Å². The van der Waals surface area contributed by atoms with Crippen molar-refractivity contribution < 1.29 is 23.8 Å². The number of carboxylic acid groups (broad SMARTS) is 1. The van der Waals surface area contributed by atoms with Gasteiger partial charge in [0, 0.05) is 4.47 Å². The van der Waals surface area contributed by atoms with E-state index in [1.54, 1.807) is 6.92 Å². The van der Waals surface area contributed by atoms with Gasteiger partial charge >= 0.3 is 5.97 Å². The summed E-state index contributed by atoms with van der Waals surface area (Å²) in [7, 11) is 0. The van der Waals surface area contributed by atoms with E-state index in [9.17, 15) is 14.0 Å². The number of amides is 1. The second-order valence-electron chi connectivity index (χ2n) is 4.92. The van der Waals surface area contributed by atoms with Crippen LogP contribution in [0.25, 0.3) is 0 Å². The monoisotopic (exact) mass is 345 g/mol. The summed E-state index contributed by atoms with van der Waals surface area (Å²) >= 11 is 3.21. The number of ether oxygens (including phenoxy) is 1. The Morgan fingerprint density at radius 2 is 2.15 bits per heavy atom. The van der Waals surface area contributed by atoms with Crippen molar-refractivity contribution in [2.75, 3.05) is 19.7 Å². The third-order valence-electron chi connectivity index (χ3n) is 3.04. The van der Waals surface area contributed by atoms with E-state index in [0.717, 1.165) is 0 Å². The quantitative estimate of drug-likeness (QED) is 0.904. The van der Waals surface area contributed by atoms with E-state index >= 15 is 0 Å². The largest absolute Gasteiger partial charge is 0.480 e. The number of halogens is 2. The first-order valence-electron chi connectivity index (χ1n) is 5.91. The molecule has 1 N–H and O–H groups in total. The van der Waals surface area contributed by atoms with E-state index in [0.29, 0.717) is 4.47 Å². The van der Waals surface area contributed by atoms with Gasteiger partial charge < -0.3 is 14.7 Å². The Kier molecular flexibility index (Phi) is 4.10. The van der Waals surface area contributed by atoms with Gasteiger partial charge in [-0.25, -0.2) is 9.18 Å². The summed E-state index contributed by atoms with van der Waals surface area (Å²) in [4.78, 5) is 24.1.